The summed E-state index contributed by atoms with van der Waals surface area (Å²) in [7, 11) is 0. The van der Waals surface area contributed by atoms with Gasteiger partial charge in [-0.3, -0.25) is 4.57 Å². The molecule has 2 aromatic carbocycles. The van der Waals surface area contributed by atoms with Gasteiger partial charge < -0.3 is 0 Å². The zero-order valence-corrected chi connectivity index (χ0v) is 12.9. The number of hydrogen-bond donors (Lipinski definition) is 0. The molecule has 0 saturated carbocycles. The number of nitriles is 1. The maximum atomic E-state index is 9.07. The number of halogens is 3. The van der Waals surface area contributed by atoms with Gasteiger partial charge in [-0.2, -0.15) is 5.26 Å². The third-order valence-corrected chi connectivity index (χ3v) is 3.92. The van der Waals surface area contributed by atoms with Gasteiger partial charge in [-0.1, -0.05) is 23.2 Å². The smallest absolute Gasteiger partial charge is 0.129 e. The molecule has 0 saturated heterocycles. The maximum absolute atomic E-state index is 9.07. The predicted octanol–water partition coefficient (Wildman–Crippen LogP) is 4.94. The Morgan fingerprint density at radius 2 is 1.95 bits per heavy atom. The fourth-order valence-electron chi connectivity index (χ4n) is 2.21. The van der Waals surface area contributed by atoms with E-state index in [1.165, 1.54) is 0 Å². The van der Waals surface area contributed by atoms with Crippen LogP contribution >= 0.6 is 34.8 Å². The maximum Gasteiger partial charge on any atom is 0.129 e. The van der Waals surface area contributed by atoms with Crippen molar-refractivity contribution in [2.24, 2.45) is 0 Å². The Labute approximate surface area is 136 Å². The highest BCUT2D eigenvalue weighted by Gasteiger charge is 2.15. The summed E-state index contributed by atoms with van der Waals surface area (Å²) < 4.78 is 1.83. The standard InChI is InChI=1S/C15H8Cl3N3/c16-7-15-20-12-4-2-10(17)6-14(12)21(15)13-5-9(8-19)1-3-11(13)18/h1-6H,7H2. The van der Waals surface area contributed by atoms with Crippen LogP contribution in [-0.2, 0) is 5.88 Å². The van der Waals surface area contributed by atoms with Gasteiger partial charge in [-0.05, 0) is 36.4 Å². The second-order valence-corrected chi connectivity index (χ2v) is 5.52. The van der Waals surface area contributed by atoms with Gasteiger partial charge in [-0.25, -0.2) is 4.98 Å². The van der Waals surface area contributed by atoms with Crippen LogP contribution in [0.5, 0.6) is 0 Å². The first-order valence-electron chi connectivity index (χ1n) is 6.07. The molecule has 21 heavy (non-hydrogen) atoms. The Hall–Kier alpha value is -1.73. The first-order valence-corrected chi connectivity index (χ1v) is 7.36. The molecule has 0 aliphatic carbocycles. The van der Waals surface area contributed by atoms with E-state index in [-0.39, 0.29) is 5.88 Å². The fourth-order valence-corrected chi connectivity index (χ4v) is 2.76. The van der Waals surface area contributed by atoms with Gasteiger partial charge in [-0.15, -0.1) is 11.6 Å². The third-order valence-electron chi connectivity index (χ3n) is 3.12. The van der Waals surface area contributed by atoms with Crippen molar-refractivity contribution in [2.75, 3.05) is 0 Å². The van der Waals surface area contributed by atoms with Gasteiger partial charge >= 0.3 is 0 Å². The number of benzene rings is 2. The molecule has 1 heterocycles. The predicted molar refractivity (Wildman–Crippen MR) is 85.4 cm³/mol. The average Bonchev–Trinajstić information content (AvgIpc) is 2.85. The molecule has 0 aliphatic rings. The van der Waals surface area contributed by atoms with Crippen LogP contribution < -0.4 is 0 Å². The molecular formula is C15H8Cl3N3. The molecule has 1 aromatic heterocycles. The van der Waals surface area contributed by atoms with Gasteiger partial charge in [0.25, 0.3) is 0 Å². The van der Waals surface area contributed by atoms with E-state index in [0.717, 1.165) is 11.0 Å². The minimum absolute atomic E-state index is 0.222. The Morgan fingerprint density at radius 1 is 1.14 bits per heavy atom. The topological polar surface area (TPSA) is 41.6 Å². The average molecular weight is 337 g/mol. The molecule has 3 nitrogen and oxygen atoms in total. The highest BCUT2D eigenvalue weighted by Crippen LogP contribution is 2.29. The van der Waals surface area contributed by atoms with Crippen LogP contribution in [0.4, 0.5) is 0 Å². The van der Waals surface area contributed by atoms with Crippen molar-refractivity contribution < 1.29 is 0 Å². The lowest BCUT2D eigenvalue weighted by atomic mass is 10.2. The van der Waals surface area contributed by atoms with E-state index in [0.29, 0.717) is 27.1 Å². The van der Waals surface area contributed by atoms with Crippen molar-refractivity contribution >= 4 is 45.8 Å². The quantitative estimate of drug-likeness (QED) is 0.622. The molecule has 0 N–H and O–H groups in total. The second-order valence-electron chi connectivity index (χ2n) is 4.41. The van der Waals surface area contributed by atoms with Crippen molar-refractivity contribution in [3.63, 3.8) is 0 Å². The van der Waals surface area contributed by atoms with Gasteiger partial charge in [0.15, 0.2) is 0 Å². The lowest BCUT2D eigenvalue weighted by Gasteiger charge is -2.10. The van der Waals surface area contributed by atoms with E-state index in [1.807, 2.05) is 10.6 Å². The lowest BCUT2D eigenvalue weighted by molar-refractivity contribution is 0.981. The molecule has 3 rings (SSSR count). The van der Waals surface area contributed by atoms with Crippen LogP contribution in [0.1, 0.15) is 11.4 Å². The van der Waals surface area contributed by atoms with Gasteiger partial charge in [0, 0.05) is 5.02 Å². The zero-order chi connectivity index (χ0) is 15.0. The summed E-state index contributed by atoms with van der Waals surface area (Å²) in [5, 5.41) is 10.2. The summed E-state index contributed by atoms with van der Waals surface area (Å²) in [6.45, 7) is 0. The Morgan fingerprint density at radius 3 is 2.67 bits per heavy atom. The highest BCUT2D eigenvalue weighted by atomic mass is 35.5. The van der Waals surface area contributed by atoms with Crippen LogP contribution in [0.25, 0.3) is 16.7 Å². The monoisotopic (exact) mass is 335 g/mol. The van der Waals surface area contributed by atoms with E-state index in [4.69, 9.17) is 40.1 Å². The molecule has 0 bridgehead atoms. The van der Waals surface area contributed by atoms with Gasteiger partial charge in [0.1, 0.15) is 5.82 Å². The molecule has 6 heteroatoms. The molecule has 3 aromatic rings. The Balaban J connectivity index is 2.38. The van der Waals surface area contributed by atoms with E-state index in [2.05, 4.69) is 11.1 Å². The number of fused-ring (bicyclic) bond motifs is 1. The van der Waals surface area contributed by atoms with Crippen molar-refractivity contribution in [1.29, 1.82) is 5.26 Å². The Kier molecular flexibility index (Phi) is 3.77. The largest absolute Gasteiger partial charge is 0.294 e. The lowest BCUT2D eigenvalue weighted by Crippen LogP contribution is -2.00. The summed E-state index contributed by atoms with van der Waals surface area (Å²) in [5.41, 5.74) is 2.75. The van der Waals surface area contributed by atoms with Crippen LogP contribution in [0.3, 0.4) is 0 Å². The van der Waals surface area contributed by atoms with Crippen molar-refractivity contribution in [2.45, 2.75) is 5.88 Å². The van der Waals surface area contributed by atoms with Gasteiger partial charge in [0.05, 0.1) is 39.3 Å². The normalized spacial score (nSPS) is 10.8. The molecule has 104 valence electrons. The van der Waals surface area contributed by atoms with Gasteiger partial charge in [0.2, 0.25) is 0 Å². The SMILES string of the molecule is N#Cc1ccc(Cl)c(-n2c(CCl)nc3ccc(Cl)cc32)c1. The number of aromatic nitrogens is 2. The molecule has 0 atom stereocenters. The minimum Gasteiger partial charge on any atom is -0.294 e. The van der Waals surface area contributed by atoms with Crippen molar-refractivity contribution in [3.8, 4) is 11.8 Å². The summed E-state index contributed by atoms with van der Waals surface area (Å²) in [6.07, 6.45) is 0. The summed E-state index contributed by atoms with van der Waals surface area (Å²) in [5.74, 6) is 0.866. The summed E-state index contributed by atoms with van der Waals surface area (Å²) in [4.78, 5) is 4.48. The highest BCUT2D eigenvalue weighted by molar-refractivity contribution is 6.32. The molecule has 0 aliphatic heterocycles. The van der Waals surface area contributed by atoms with Crippen LogP contribution in [0.2, 0.25) is 10.0 Å². The molecule has 0 unspecified atom stereocenters. The number of imidazole rings is 1. The second kappa shape index (κ2) is 5.57. The fraction of sp³-hybridized carbons (Fsp3) is 0.0667. The number of nitrogens with zero attached hydrogens (tertiary/aromatic N) is 3. The molecular weight excluding hydrogens is 329 g/mol. The summed E-state index contributed by atoms with van der Waals surface area (Å²) in [6, 6.07) is 12.6. The molecule has 0 amide bonds. The molecule has 0 spiro atoms. The molecule has 0 radical (unpaired) electrons. The van der Waals surface area contributed by atoms with Crippen LogP contribution in [-0.4, -0.2) is 9.55 Å². The zero-order valence-electron chi connectivity index (χ0n) is 10.6. The summed E-state index contributed by atoms with van der Waals surface area (Å²) >= 11 is 18.3. The Bertz CT molecular complexity index is 878. The van der Waals surface area contributed by atoms with Crippen molar-refractivity contribution in [1.82, 2.24) is 9.55 Å². The third kappa shape index (κ3) is 2.47. The minimum atomic E-state index is 0.222. The first-order chi connectivity index (χ1) is 10.1. The first kappa shape index (κ1) is 14.2. The number of rotatable bonds is 2. The van der Waals surface area contributed by atoms with Crippen molar-refractivity contribution in [3.05, 3.63) is 57.8 Å². The van der Waals surface area contributed by atoms with E-state index in [9.17, 15) is 0 Å². The number of alkyl halides is 1. The molecule has 0 fully saturated rings. The van der Waals surface area contributed by atoms with Crippen LogP contribution in [0, 0.1) is 11.3 Å². The number of hydrogen-bond acceptors (Lipinski definition) is 2. The van der Waals surface area contributed by atoms with E-state index in [1.54, 1.807) is 30.3 Å². The van der Waals surface area contributed by atoms with Crippen LogP contribution in [0.15, 0.2) is 36.4 Å². The van der Waals surface area contributed by atoms with E-state index >= 15 is 0 Å². The van der Waals surface area contributed by atoms with E-state index < -0.39 is 0 Å².